The Balaban J connectivity index is 2.11. The Bertz CT molecular complexity index is 577. The van der Waals surface area contributed by atoms with Gasteiger partial charge in [-0.1, -0.05) is 0 Å². The molecule has 0 amide bonds. The zero-order valence-electron chi connectivity index (χ0n) is 10.00. The highest BCUT2D eigenvalue weighted by molar-refractivity contribution is 5.82. The van der Waals surface area contributed by atoms with Gasteiger partial charge in [0.15, 0.2) is 0 Å². The molecule has 18 heavy (non-hydrogen) atoms. The molecule has 0 aliphatic heterocycles. The second-order valence-corrected chi connectivity index (χ2v) is 3.69. The smallest absolute Gasteiger partial charge is 0.118 e. The molecule has 3 nitrogen and oxygen atoms in total. The summed E-state index contributed by atoms with van der Waals surface area (Å²) >= 11 is 0. The fraction of sp³-hybridized carbons (Fsp3) is 0.0667. The summed E-state index contributed by atoms with van der Waals surface area (Å²) in [6.45, 7) is 0. The standard InChI is InChI=1S/C15H12N2O/c1-18-15-8-4-13(5-9-15)11-17-14-6-2-12(10-16)3-7-14/h2-9,11H,1H3. The summed E-state index contributed by atoms with van der Waals surface area (Å²) in [5.74, 6) is 0.825. The zero-order chi connectivity index (χ0) is 12.8. The van der Waals surface area contributed by atoms with E-state index in [1.165, 1.54) is 0 Å². The molecule has 0 heterocycles. The highest BCUT2D eigenvalue weighted by Gasteiger charge is 1.92. The quantitative estimate of drug-likeness (QED) is 0.767. The molecule has 0 radical (unpaired) electrons. The molecule has 0 aromatic heterocycles. The highest BCUT2D eigenvalue weighted by atomic mass is 16.5. The van der Waals surface area contributed by atoms with Gasteiger partial charge in [-0.25, -0.2) is 0 Å². The lowest BCUT2D eigenvalue weighted by atomic mass is 10.2. The van der Waals surface area contributed by atoms with Gasteiger partial charge in [-0.05, 0) is 54.1 Å². The molecule has 88 valence electrons. The Morgan fingerprint density at radius 3 is 2.28 bits per heavy atom. The Hall–Kier alpha value is -2.60. The molecule has 0 saturated heterocycles. The number of aliphatic imine (C=N–C) groups is 1. The molecule has 0 bridgehead atoms. The lowest BCUT2D eigenvalue weighted by Gasteiger charge is -1.99. The van der Waals surface area contributed by atoms with Crippen LogP contribution < -0.4 is 4.74 Å². The lowest BCUT2D eigenvalue weighted by Crippen LogP contribution is -1.84. The molecule has 3 heteroatoms. The molecule has 2 aromatic carbocycles. The number of nitriles is 1. The Kier molecular flexibility index (Phi) is 3.72. The predicted octanol–water partition coefficient (Wildman–Crippen LogP) is 3.32. The largest absolute Gasteiger partial charge is 0.497 e. The molecular weight excluding hydrogens is 224 g/mol. The summed E-state index contributed by atoms with van der Waals surface area (Å²) in [5, 5.41) is 8.69. The van der Waals surface area contributed by atoms with Crippen LogP contribution in [0.15, 0.2) is 53.5 Å². The number of hydrogen-bond acceptors (Lipinski definition) is 3. The van der Waals surface area contributed by atoms with E-state index < -0.39 is 0 Å². The summed E-state index contributed by atoms with van der Waals surface area (Å²) in [4.78, 5) is 4.33. The first kappa shape index (κ1) is 11.9. The van der Waals surface area contributed by atoms with Crippen LogP contribution in [-0.4, -0.2) is 13.3 Å². The van der Waals surface area contributed by atoms with Gasteiger partial charge in [0.05, 0.1) is 24.4 Å². The maximum absolute atomic E-state index is 8.69. The maximum Gasteiger partial charge on any atom is 0.118 e. The van der Waals surface area contributed by atoms with Crippen molar-refractivity contribution in [2.24, 2.45) is 4.99 Å². The second kappa shape index (κ2) is 5.65. The van der Waals surface area contributed by atoms with E-state index in [-0.39, 0.29) is 0 Å². The first-order valence-corrected chi connectivity index (χ1v) is 5.50. The molecule has 0 aliphatic carbocycles. The summed E-state index contributed by atoms with van der Waals surface area (Å²) in [7, 11) is 1.64. The maximum atomic E-state index is 8.69. The van der Waals surface area contributed by atoms with Gasteiger partial charge in [0.25, 0.3) is 0 Å². The summed E-state index contributed by atoms with van der Waals surface area (Å²) in [6, 6.07) is 16.9. The molecule has 0 aliphatic rings. The zero-order valence-corrected chi connectivity index (χ0v) is 10.00. The van der Waals surface area contributed by atoms with Crippen LogP contribution in [0.3, 0.4) is 0 Å². The highest BCUT2D eigenvalue weighted by Crippen LogP contribution is 2.14. The van der Waals surface area contributed by atoms with Gasteiger partial charge in [0, 0.05) is 6.21 Å². The van der Waals surface area contributed by atoms with Gasteiger partial charge in [0.1, 0.15) is 5.75 Å². The van der Waals surface area contributed by atoms with Gasteiger partial charge in [-0.3, -0.25) is 4.99 Å². The number of benzene rings is 2. The van der Waals surface area contributed by atoms with Gasteiger partial charge < -0.3 is 4.74 Å². The van der Waals surface area contributed by atoms with Crippen LogP contribution in [0.5, 0.6) is 5.75 Å². The summed E-state index contributed by atoms with van der Waals surface area (Å²) in [5.41, 5.74) is 2.46. The van der Waals surface area contributed by atoms with Crippen LogP contribution in [-0.2, 0) is 0 Å². The van der Waals surface area contributed by atoms with Crippen molar-refractivity contribution in [2.75, 3.05) is 7.11 Å². The molecular formula is C15H12N2O. The second-order valence-electron chi connectivity index (χ2n) is 3.69. The van der Waals surface area contributed by atoms with Gasteiger partial charge >= 0.3 is 0 Å². The van der Waals surface area contributed by atoms with Gasteiger partial charge in [-0.2, -0.15) is 5.26 Å². The molecule has 0 saturated carbocycles. The third-order valence-corrected chi connectivity index (χ3v) is 2.47. The van der Waals surface area contributed by atoms with E-state index in [0.717, 1.165) is 17.0 Å². The van der Waals surface area contributed by atoms with E-state index in [0.29, 0.717) is 5.56 Å². The van der Waals surface area contributed by atoms with Crippen LogP contribution in [0, 0.1) is 11.3 Å². The topological polar surface area (TPSA) is 45.4 Å². The minimum atomic E-state index is 0.637. The Morgan fingerprint density at radius 1 is 1.06 bits per heavy atom. The minimum absolute atomic E-state index is 0.637. The first-order chi connectivity index (χ1) is 8.81. The number of hydrogen-bond donors (Lipinski definition) is 0. The van der Waals surface area contributed by atoms with Crippen molar-refractivity contribution in [3.8, 4) is 11.8 Å². The van der Waals surface area contributed by atoms with E-state index in [4.69, 9.17) is 10.00 Å². The van der Waals surface area contributed by atoms with Gasteiger partial charge in [0.2, 0.25) is 0 Å². The normalized spacial score (nSPS) is 10.2. The Labute approximate surface area is 106 Å². The van der Waals surface area contributed by atoms with Crippen molar-refractivity contribution >= 4 is 11.9 Å². The lowest BCUT2D eigenvalue weighted by molar-refractivity contribution is 0.415. The fourth-order valence-electron chi connectivity index (χ4n) is 1.46. The van der Waals surface area contributed by atoms with E-state index in [2.05, 4.69) is 11.1 Å². The van der Waals surface area contributed by atoms with E-state index >= 15 is 0 Å². The van der Waals surface area contributed by atoms with Crippen molar-refractivity contribution < 1.29 is 4.74 Å². The fourth-order valence-corrected chi connectivity index (χ4v) is 1.46. The molecule has 2 aromatic rings. The monoisotopic (exact) mass is 236 g/mol. The average molecular weight is 236 g/mol. The SMILES string of the molecule is COc1ccc(C=Nc2ccc(C#N)cc2)cc1. The predicted molar refractivity (Wildman–Crippen MR) is 71.4 cm³/mol. The van der Waals surface area contributed by atoms with Gasteiger partial charge in [-0.15, -0.1) is 0 Å². The molecule has 0 spiro atoms. The molecule has 0 N–H and O–H groups in total. The van der Waals surface area contributed by atoms with Crippen molar-refractivity contribution in [3.05, 3.63) is 59.7 Å². The van der Waals surface area contributed by atoms with Crippen LogP contribution in [0.25, 0.3) is 0 Å². The van der Waals surface area contributed by atoms with Crippen molar-refractivity contribution in [3.63, 3.8) is 0 Å². The number of methoxy groups -OCH3 is 1. The minimum Gasteiger partial charge on any atom is -0.497 e. The summed E-state index contributed by atoms with van der Waals surface area (Å²) < 4.78 is 5.08. The van der Waals surface area contributed by atoms with Crippen LogP contribution >= 0.6 is 0 Å². The van der Waals surface area contributed by atoms with Crippen molar-refractivity contribution in [1.82, 2.24) is 0 Å². The molecule has 0 fully saturated rings. The Morgan fingerprint density at radius 2 is 1.72 bits per heavy atom. The third-order valence-electron chi connectivity index (χ3n) is 2.47. The summed E-state index contributed by atoms with van der Waals surface area (Å²) in [6.07, 6.45) is 1.78. The number of rotatable bonds is 3. The number of nitrogens with zero attached hydrogens (tertiary/aromatic N) is 2. The first-order valence-electron chi connectivity index (χ1n) is 5.50. The molecule has 0 atom stereocenters. The third kappa shape index (κ3) is 2.96. The van der Waals surface area contributed by atoms with Crippen molar-refractivity contribution in [1.29, 1.82) is 5.26 Å². The van der Waals surface area contributed by atoms with E-state index in [1.54, 1.807) is 25.5 Å². The average Bonchev–Trinajstić information content (AvgIpc) is 2.46. The van der Waals surface area contributed by atoms with E-state index in [9.17, 15) is 0 Å². The molecule has 2 rings (SSSR count). The molecule has 0 unspecified atom stereocenters. The van der Waals surface area contributed by atoms with Crippen LogP contribution in [0.1, 0.15) is 11.1 Å². The van der Waals surface area contributed by atoms with Crippen LogP contribution in [0.2, 0.25) is 0 Å². The number of ether oxygens (including phenoxy) is 1. The van der Waals surface area contributed by atoms with Crippen molar-refractivity contribution in [2.45, 2.75) is 0 Å². The van der Waals surface area contributed by atoms with Crippen LogP contribution in [0.4, 0.5) is 5.69 Å². The van der Waals surface area contributed by atoms with E-state index in [1.807, 2.05) is 36.4 Å².